The van der Waals surface area contributed by atoms with Crippen LogP contribution in [-0.2, 0) is 16.0 Å². The molecule has 0 bridgehead atoms. The molecule has 22 heavy (non-hydrogen) atoms. The predicted octanol–water partition coefficient (Wildman–Crippen LogP) is 2.18. The van der Waals surface area contributed by atoms with Crippen molar-refractivity contribution in [3.63, 3.8) is 0 Å². The maximum absolute atomic E-state index is 13.2. The number of aliphatic hydroxyl groups is 1. The highest BCUT2D eigenvalue weighted by Gasteiger charge is 2.38. The zero-order chi connectivity index (χ0) is 16.3. The number of hydrogen-bond donors (Lipinski definition) is 2. The summed E-state index contributed by atoms with van der Waals surface area (Å²) in [7, 11) is 0. The number of rotatable bonds is 6. The fraction of sp³-hybridized carbons (Fsp3) is 0.588. The van der Waals surface area contributed by atoms with Gasteiger partial charge in [0, 0.05) is 6.04 Å². The van der Waals surface area contributed by atoms with Gasteiger partial charge in [-0.15, -0.1) is 0 Å². The molecule has 0 unspecified atom stereocenters. The minimum atomic E-state index is -0.790. The lowest BCUT2D eigenvalue weighted by Crippen LogP contribution is -2.36. The molecule has 1 heterocycles. The third kappa shape index (κ3) is 4.78. The molecule has 4 nitrogen and oxygen atoms in total. The fourth-order valence-corrected chi connectivity index (χ4v) is 2.76. The molecule has 122 valence electrons. The smallest absolute Gasteiger partial charge is 0.309 e. The highest BCUT2D eigenvalue weighted by atomic mass is 19.1. The summed E-state index contributed by atoms with van der Waals surface area (Å²) in [6, 6.07) is 5.94. The van der Waals surface area contributed by atoms with E-state index in [9.17, 15) is 14.3 Å². The summed E-state index contributed by atoms with van der Waals surface area (Å²) in [5.74, 6) is -0.755. The van der Waals surface area contributed by atoms with E-state index in [2.05, 4.69) is 0 Å². The standard InChI is InChI=1S/C17H24FNO3/c1-17(2,21)7-6-12-10-15(22-16(12)20)14(19)9-11-4-3-5-13(18)8-11/h3-5,8,12,14-15,21H,6-7,9-10,19H2,1-2H3/t12-,14+,15+/m1/s1. The van der Waals surface area contributed by atoms with E-state index in [0.29, 0.717) is 25.7 Å². The molecule has 1 saturated heterocycles. The summed E-state index contributed by atoms with van der Waals surface area (Å²) in [6.45, 7) is 3.45. The number of ether oxygens (including phenoxy) is 1. The van der Waals surface area contributed by atoms with E-state index in [4.69, 9.17) is 10.5 Å². The van der Waals surface area contributed by atoms with E-state index in [1.54, 1.807) is 19.9 Å². The van der Waals surface area contributed by atoms with Gasteiger partial charge < -0.3 is 15.6 Å². The Kier molecular flexibility index (Phi) is 5.19. The molecule has 0 saturated carbocycles. The van der Waals surface area contributed by atoms with Gasteiger partial charge in [-0.05, 0) is 57.2 Å². The van der Waals surface area contributed by atoms with Crippen LogP contribution in [0.2, 0.25) is 0 Å². The van der Waals surface area contributed by atoms with Gasteiger partial charge in [-0.2, -0.15) is 0 Å². The largest absolute Gasteiger partial charge is 0.460 e. The molecule has 1 aliphatic rings. The van der Waals surface area contributed by atoms with Crippen molar-refractivity contribution >= 4 is 5.97 Å². The van der Waals surface area contributed by atoms with E-state index >= 15 is 0 Å². The number of carbonyl (C=O) groups excluding carboxylic acids is 1. The summed E-state index contributed by atoms with van der Waals surface area (Å²) in [5.41, 5.74) is 6.12. The third-order valence-corrected chi connectivity index (χ3v) is 4.06. The molecular weight excluding hydrogens is 285 g/mol. The first-order valence-corrected chi connectivity index (χ1v) is 7.67. The number of nitrogens with two attached hydrogens (primary N) is 1. The van der Waals surface area contributed by atoms with Crippen LogP contribution in [0.15, 0.2) is 24.3 Å². The second kappa shape index (κ2) is 6.75. The van der Waals surface area contributed by atoms with Gasteiger partial charge in [-0.3, -0.25) is 4.79 Å². The Morgan fingerprint density at radius 3 is 2.86 bits per heavy atom. The first-order valence-electron chi connectivity index (χ1n) is 7.67. The zero-order valence-electron chi connectivity index (χ0n) is 13.1. The lowest BCUT2D eigenvalue weighted by molar-refractivity contribution is -0.145. The van der Waals surface area contributed by atoms with Crippen LogP contribution in [-0.4, -0.2) is 28.8 Å². The number of hydrogen-bond acceptors (Lipinski definition) is 4. The molecule has 5 heteroatoms. The Morgan fingerprint density at radius 2 is 2.23 bits per heavy atom. The topological polar surface area (TPSA) is 72.6 Å². The van der Waals surface area contributed by atoms with Gasteiger partial charge in [-0.1, -0.05) is 12.1 Å². The molecule has 2 rings (SSSR count). The minimum absolute atomic E-state index is 0.213. The van der Waals surface area contributed by atoms with E-state index in [0.717, 1.165) is 5.56 Å². The molecule has 1 aliphatic heterocycles. The summed E-state index contributed by atoms with van der Waals surface area (Å²) in [4.78, 5) is 11.9. The Balaban J connectivity index is 1.89. The van der Waals surface area contributed by atoms with Crippen molar-refractivity contribution in [1.82, 2.24) is 0 Å². The number of esters is 1. The van der Waals surface area contributed by atoms with Gasteiger partial charge in [-0.25, -0.2) is 4.39 Å². The third-order valence-electron chi connectivity index (χ3n) is 4.06. The van der Waals surface area contributed by atoms with Gasteiger partial charge in [0.25, 0.3) is 0 Å². The first-order chi connectivity index (χ1) is 10.2. The van der Waals surface area contributed by atoms with Crippen LogP contribution in [0.3, 0.4) is 0 Å². The lowest BCUT2D eigenvalue weighted by Gasteiger charge is -2.19. The van der Waals surface area contributed by atoms with Crippen LogP contribution in [0, 0.1) is 11.7 Å². The summed E-state index contributed by atoms with van der Waals surface area (Å²) in [5, 5.41) is 9.75. The van der Waals surface area contributed by atoms with Crippen molar-refractivity contribution < 1.29 is 19.0 Å². The van der Waals surface area contributed by atoms with Crippen LogP contribution < -0.4 is 5.73 Å². The average molecular weight is 309 g/mol. The van der Waals surface area contributed by atoms with Gasteiger partial charge in [0.2, 0.25) is 0 Å². The Morgan fingerprint density at radius 1 is 1.50 bits per heavy atom. The second-order valence-corrected chi connectivity index (χ2v) is 6.76. The lowest BCUT2D eigenvalue weighted by atomic mass is 9.90. The number of halogens is 1. The van der Waals surface area contributed by atoms with Crippen LogP contribution in [0.5, 0.6) is 0 Å². The Labute approximate surface area is 130 Å². The molecule has 1 aromatic rings. The minimum Gasteiger partial charge on any atom is -0.460 e. The second-order valence-electron chi connectivity index (χ2n) is 6.76. The summed E-state index contributed by atoms with van der Waals surface area (Å²) < 4.78 is 18.5. The molecule has 1 aromatic carbocycles. The number of carbonyl (C=O) groups is 1. The van der Waals surface area contributed by atoms with E-state index in [-0.39, 0.29) is 29.9 Å². The summed E-state index contributed by atoms with van der Waals surface area (Å²) in [6.07, 6.45) is 1.81. The highest BCUT2D eigenvalue weighted by molar-refractivity contribution is 5.74. The van der Waals surface area contributed by atoms with Crippen molar-refractivity contribution in [2.75, 3.05) is 0 Å². The molecule has 1 fully saturated rings. The fourth-order valence-electron chi connectivity index (χ4n) is 2.76. The Hall–Kier alpha value is -1.46. The van der Waals surface area contributed by atoms with Crippen molar-refractivity contribution in [2.45, 2.75) is 57.3 Å². The Bertz CT molecular complexity index is 527. The molecule has 0 spiro atoms. The zero-order valence-corrected chi connectivity index (χ0v) is 13.1. The quantitative estimate of drug-likeness (QED) is 0.790. The predicted molar refractivity (Wildman–Crippen MR) is 81.6 cm³/mol. The molecule has 0 aliphatic carbocycles. The van der Waals surface area contributed by atoms with Gasteiger partial charge in [0.15, 0.2) is 0 Å². The van der Waals surface area contributed by atoms with Crippen LogP contribution in [0.4, 0.5) is 4.39 Å². The highest BCUT2D eigenvalue weighted by Crippen LogP contribution is 2.29. The van der Waals surface area contributed by atoms with Gasteiger partial charge in [0.1, 0.15) is 11.9 Å². The average Bonchev–Trinajstić information content (AvgIpc) is 2.77. The van der Waals surface area contributed by atoms with E-state index in [1.807, 2.05) is 6.07 Å². The van der Waals surface area contributed by atoms with E-state index < -0.39 is 5.60 Å². The van der Waals surface area contributed by atoms with Crippen molar-refractivity contribution in [1.29, 1.82) is 0 Å². The monoisotopic (exact) mass is 309 g/mol. The van der Waals surface area contributed by atoms with Crippen molar-refractivity contribution in [3.05, 3.63) is 35.6 Å². The van der Waals surface area contributed by atoms with Crippen LogP contribution >= 0.6 is 0 Å². The molecule has 0 amide bonds. The van der Waals surface area contributed by atoms with E-state index in [1.165, 1.54) is 12.1 Å². The van der Waals surface area contributed by atoms with Gasteiger partial charge in [0.05, 0.1) is 11.5 Å². The molecule has 3 atom stereocenters. The van der Waals surface area contributed by atoms with Crippen molar-refractivity contribution in [3.8, 4) is 0 Å². The molecule has 0 aromatic heterocycles. The maximum atomic E-state index is 13.2. The summed E-state index contributed by atoms with van der Waals surface area (Å²) >= 11 is 0. The maximum Gasteiger partial charge on any atom is 0.309 e. The van der Waals surface area contributed by atoms with Crippen LogP contribution in [0.25, 0.3) is 0 Å². The SMILES string of the molecule is CC(C)(O)CC[C@@H]1C[C@@H]([C@@H](N)Cc2cccc(F)c2)OC1=O. The van der Waals surface area contributed by atoms with Crippen molar-refractivity contribution in [2.24, 2.45) is 11.7 Å². The van der Waals surface area contributed by atoms with Crippen LogP contribution in [0.1, 0.15) is 38.7 Å². The molecular formula is C17H24FNO3. The number of cyclic esters (lactones) is 1. The first kappa shape index (κ1) is 16.9. The number of benzene rings is 1. The molecule has 0 radical (unpaired) electrons. The molecule has 3 N–H and O–H groups in total. The normalized spacial score (nSPS) is 23.4. The van der Waals surface area contributed by atoms with Gasteiger partial charge >= 0.3 is 5.97 Å².